The third-order valence-corrected chi connectivity index (χ3v) is 3.27. The molecule has 10 nitrogen and oxygen atoms in total. The Kier molecular flexibility index (Phi) is 4.72. The van der Waals surface area contributed by atoms with E-state index < -0.39 is 35.7 Å². The molecule has 1 aromatic heterocycles. The second-order valence-corrected chi connectivity index (χ2v) is 5.20. The summed E-state index contributed by atoms with van der Waals surface area (Å²) in [5, 5.41) is 5.91. The van der Waals surface area contributed by atoms with E-state index in [0.29, 0.717) is 12.4 Å². The molecule has 0 aromatic carbocycles. The molecule has 0 aliphatic carbocycles. The Balaban J connectivity index is 2.25. The minimum Gasteiger partial charge on any atom is -0.459 e. The van der Waals surface area contributed by atoms with Crippen molar-refractivity contribution < 1.29 is 19.1 Å². The van der Waals surface area contributed by atoms with Gasteiger partial charge in [0.05, 0.1) is 6.04 Å². The predicted octanol–water partition coefficient (Wildman–Crippen LogP) is -0.559. The summed E-state index contributed by atoms with van der Waals surface area (Å²) in [5.74, 6) is -0.715. The van der Waals surface area contributed by atoms with Crippen molar-refractivity contribution in [3.05, 3.63) is 10.4 Å². The maximum Gasteiger partial charge on any atom is 0.303 e. The fourth-order valence-electron chi connectivity index (χ4n) is 2.42. The van der Waals surface area contributed by atoms with Crippen LogP contribution >= 0.6 is 0 Å². The van der Waals surface area contributed by atoms with E-state index in [1.807, 2.05) is 0 Å². The van der Waals surface area contributed by atoms with Crippen molar-refractivity contribution in [2.75, 3.05) is 22.9 Å². The Labute approximate surface area is 131 Å². The lowest BCUT2D eigenvalue weighted by atomic mass is 10.0. The lowest BCUT2D eigenvalue weighted by Crippen LogP contribution is -2.51. The van der Waals surface area contributed by atoms with E-state index in [4.69, 9.17) is 15.2 Å². The van der Waals surface area contributed by atoms with Crippen molar-refractivity contribution in [2.45, 2.75) is 39.0 Å². The van der Waals surface area contributed by atoms with Crippen molar-refractivity contribution in [1.29, 1.82) is 0 Å². The van der Waals surface area contributed by atoms with Gasteiger partial charge in [0.1, 0.15) is 11.8 Å². The van der Waals surface area contributed by atoms with Gasteiger partial charge in [-0.05, 0) is 6.92 Å². The molecular formula is C13H19N5O5. The highest BCUT2D eigenvalue weighted by Crippen LogP contribution is 2.23. The fourth-order valence-corrected chi connectivity index (χ4v) is 2.42. The predicted molar refractivity (Wildman–Crippen MR) is 82.0 cm³/mol. The van der Waals surface area contributed by atoms with Gasteiger partial charge in [0.25, 0.3) is 5.56 Å². The van der Waals surface area contributed by atoms with E-state index in [2.05, 4.69) is 20.6 Å². The van der Waals surface area contributed by atoms with E-state index >= 15 is 0 Å². The average Bonchev–Trinajstić information content (AvgIpc) is 2.43. The number of nitrogen functional groups attached to an aromatic ring is 1. The number of rotatable bonds is 4. The molecule has 0 saturated carbocycles. The number of carbonyl (C=O) groups excluding carboxylic acids is 2. The van der Waals surface area contributed by atoms with Gasteiger partial charge in [0.15, 0.2) is 11.9 Å². The van der Waals surface area contributed by atoms with E-state index in [-0.39, 0.29) is 11.6 Å². The van der Waals surface area contributed by atoms with Crippen molar-refractivity contribution in [3.63, 3.8) is 0 Å². The third kappa shape index (κ3) is 3.90. The number of aromatic nitrogens is 2. The largest absolute Gasteiger partial charge is 0.459 e. The van der Waals surface area contributed by atoms with Gasteiger partial charge in [-0.1, -0.05) is 0 Å². The number of hydrogen-bond acceptors (Lipinski definition) is 9. The van der Waals surface area contributed by atoms with Crippen LogP contribution in [0.2, 0.25) is 0 Å². The summed E-state index contributed by atoms with van der Waals surface area (Å²) in [4.78, 5) is 40.8. The van der Waals surface area contributed by atoms with Gasteiger partial charge < -0.3 is 25.8 Å². The standard InChI is InChI=1S/C13H19N5O5/c1-5(22-6(2)19)10(23-7(3)20)8-4-15-11-9(16-8)12(21)18-13(14)17-11/h5,8,10,16H,4H2,1-3H3,(H4,14,15,17,18,21)/t5-,8+,10-/m0/s1. The smallest absolute Gasteiger partial charge is 0.303 e. The van der Waals surface area contributed by atoms with Gasteiger partial charge in [0, 0.05) is 20.4 Å². The van der Waals surface area contributed by atoms with E-state index in [0.717, 1.165) is 0 Å². The topological polar surface area (TPSA) is 148 Å². The number of hydrogen-bond donors (Lipinski definition) is 4. The Morgan fingerprint density at radius 1 is 1.30 bits per heavy atom. The summed E-state index contributed by atoms with van der Waals surface area (Å²) in [6.45, 7) is 4.43. The highest BCUT2D eigenvalue weighted by Gasteiger charge is 2.35. The molecule has 0 bridgehead atoms. The van der Waals surface area contributed by atoms with Gasteiger partial charge in [-0.15, -0.1) is 0 Å². The molecular weight excluding hydrogens is 306 g/mol. The molecule has 0 spiro atoms. The zero-order chi connectivity index (χ0) is 17.1. The van der Waals surface area contributed by atoms with Crippen LogP contribution in [-0.4, -0.2) is 46.7 Å². The maximum atomic E-state index is 12.0. The molecule has 3 atom stereocenters. The first kappa shape index (κ1) is 16.6. The van der Waals surface area contributed by atoms with Crippen LogP contribution in [-0.2, 0) is 19.1 Å². The lowest BCUT2D eigenvalue weighted by Gasteiger charge is -2.34. The number of ether oxygens (including phenoxy) is 2. The van der Waals surface area contributed by atoms with E-state index in [1.54, 1.807) is 6.92 Å². The average molecular weight is 325 g/mol. The number of fused-ring (bicyclic) bond motifs is 1. The summed E-state index contributed by atoms with van der Waals surface area (Å²) in [7, 11) is 0. The van der Waals surface area contributed by atoms with E-state index in [1.165, 1.54) is 13.8 Å². The quantitative estimate of drug-likeness (QED) is 0.534. The molecule has 0 amide bonds. The second-order valence-electron chi connectivity index (χ2n) is 5.20. The van der Waals surface area contributed by atoms with Gasteiger partial charge >= 0.3 is 11.9 Å². The molecule has 5 N–H and O–H groups in total. The zero-order valence-electron chi connectivity index (χ0n) is 13.0. The van der Waals surface area contributed by atoms with Crippen LogP contribution in [0, 0.1) is 0 Å². The number of nitrogens with zero attached hydrogens (tertiary/aromatic N) is 1. The molecule has 126 valence electrons. The molecule has 23 heavy (non-hydrogen) atoms. The summed E-state index contributed by atoms with van der Waals surface area (Å²) in [5.41, 5.74) is 5.22. The van der Waals surface area contributed by atoms with E-state index in [9.17, 15) is 14.4 Å². The number of nitrogens with two attached hydrogens (primary N) is 1. The van der Waals surface area contributed by atoms with Gasteiger partial charge in [-0.3, -0.25) is 19.4 Å². The molecule has 1 aromatic rings. The van der Waals surface area contributed by atoms with Crippen LogP contribution in [0.5, 0.6) is 0 Å². The highest BCUT2D eigenvalue weighted by atomic mass is 16.6. The summed E-state index contributed by atoms with van der Waals surface area (Å²) in [6.07, 6.45) is -1.48. The number of aromatic amines is 1. The third-order valence-electron chi connectivity index (χ3n) is 3.27. The molecule has 2 heterocycles. The molecule has 10 heteroatoms. The molecule has 1 aliphatic heterocycles. The second kappa shape index (κ2) is 6.55. The first-order valence-electron chi connectivity index (χ1n) is 7.02. The normalized spacial score (nSPS) is 18.7. The molecule has 0 radical (unpaired) electrons. The van der Waals surface area contributed by atoms with Gasteiger partial charge in [0.2, 0.25) is 5.95 Å². The van der Waals surface area contributed by atoms with Crippen molar-refractivity contribution in [3.8, 4) is 0 Å². The SMILES string of the molecule is CC(=O)O[C@@H]([C@H](C)OC(C)=O)[C@H]1CNc2nc(N)[nH]c(=O)c2N1. The minimum atomic E-state index is -0.783. The van der Waals surface area contributed by atoms with Crippen LogP contribution < -0.4 is 21.9 Å². The fraction of sp³-hybridized carbons (Fsp3) is 0.538. The molecule has 1 aliphatic rings. The highest BCUT2D eigenvalue weighted by molar-refractivity contribution is 5.69. The number of carbonyl (C=O) groups is 2. The van der Waals surface area contributed by atoms with Gasteiger partial charge in [-0.2, -0.15) is 4.98 Å². The van der Waals surface area contributed by atoms with Crippen molar-refractivity contribution in [2.24, 2.45) is 0 Å². The van der Waals surface area contributed by atoms with Crippen LogP contribution in [0.3, 0.4) is 0 Å². The molecule has 0 saturated heterocycles. The molecule has 0 fully saturated rings. The van der Waals surface area contributed by atoms with Crippen LogP contribution in [0.4, 0.5) is 17.5 Å². The molecule has 2 rings (SSSR count). The van der Waals surface area contributed by atoms with Crippen molar-refractivity contribution >= 4 is 29.4 Å². The maximum absolute atomic E-state index is 12.0. The first-order chi connectivity index (χ1) is 10.8. The summed E-state index contributed by atoms with van der Waals surface area (Å²) >= 11 is 0. The lowest BCUT2D eigenvalue weighted by molar-refractivity contribution is -0.164. The Morgan fingerprint density at radius 3 is 2.57 bits per heavy atom. The van der Waals surface area contributed by atoms with Gasteiger partial charge in [-0.25, -0.2) is 0 Å². The Hall–Kier alpha value is -2.78. The number of nitrogens with one attached hydrogen (secondary N) is 3. The zero-order valence-corrected chi connectivity index (χ0v) is 13.0. The monoisotopic (exact) mass is 325 g/mol. The number of H-pyrrole nitrogens is 1. The van der Waals surface area contributed by atoms with Crippen LogP contribution in [0.25, 0.3) is 0 Å². The Morgan fingerprint density at radius 2 is 1.96 bits per heavy atom. The van der Waals surface area contributed by atoms with Crippen LogP contribution in [0.15, 0.2) is 4.79 Å². The number of esters is 2. The van der Waals surface area contributed by atoms with Crippen molar-refractivity contribution in [1.82, 2.24) is 9.97 Å². The molecule has 0 unspecified atom stereocenters. The Bertz CT molecular complexity index is 673. The minimum absolute atomic E-state index is 0.00804. The first-order valence-corrected chi connectivity index (χ1v) is 7.02. The summed E-state index contributed by atoms with van der Waals surface area (Å²) < 4.78 is 10.4. The number of anilines is 3. The van der Waals surface area contributed by atoms with Crippen LogP contribution in [0.1, 0.15) is 20.8 Å². The summed E-state index contributed by atoms with van der Waals surface area (Å²) in [6, 6.07) is -0.493.